The first-order chi connectivity index (χ1) is 10.1. The van der Waals surface area contributed by atoms with E-state index in [0.29, 0.717) is 22.8 Å². The molecule has 5 heteroatoms. The van der Waals surface area contributed by atoms with Gasteiger partial charge in [0.05, 0.1) is 7.11 Å². The zero-order valence-electron chi connectivity index (χ0n) is 11.4. The van der Waals surface area contributed by atoms with Crippen molar-refractivity contribution in [1.29, 1.82) is 0 Å². The topological polar surface area (TPSA) is 68.2 Å². The van der Waals surface area contributed by atoms with Crippen molar-refractivity contribution in [1.82, 2.24) is 0 Å². The highest BCUT2D eigenvalue weighted by Crippen LogP contribution is 2.54. The number of rotatable bonds is 1. The first-order valence-electron chi connectivity index (χ1n) is 6.65. The minimum absolute atomic E-state index is 0.0929. The fourth-order valence-electron chi connectivity index (χ4n) is 2.98. The van der Waals surface area contributed by atoms with Gasteiger partial charge in [-0.3, -0.25) is 0 Å². The van der Waals surface area contributed by atoms with Crippen LogP contribution in [-0.4, -0.2) is 23.9 Å². The molecule has 0 aromatic heterocycles. The van der Waals surface area contributed by atoms with Crippen molar-refractivity contribution < 1.29 is 24.4 Å². The normalized spacial score (nSPS) is 25.1. The van der Waals surface area contributed by atoms with Crippen LogP contribution in [0.25, 0.3) is 0 Å². The van der Waals surface area contributed by atoms with E-state index in [1.54, 1.807) is 25.3 Å². The maximum atomic E-state index is 11.0. The predicted molar refractivity (Wildman–Crippen MR) is 73.9 cm³/mol. The molecule has 0 amide bonds. The summed E-state index contributed by atoms with van der Waals surface area (Å²) in [5, 5.41) is 20.5. The summed E-state index contributed by atoms with van der Waals surface area (Å²) < 4.78 is 16.7. The monoisotopic (exact) mass is 286 g/mol. The number of hydrogen-bond acceptors (Lipinski definition) is 5. The van der Waals surface area contributed by atoms with Crippen molar-refractivity contribution in [2.45, 2.75) is 11.7 Å². The number of ether oxygens (including phenoxy) is 3. The molecule has 0 bridgehead atoms. The molecule has 2 aromatic carbocycles. The van der Waals surface area contributed by atoms with Crippen LogP contribution >= 0.6 is 0 Å². The van der Waals surface area contributed by atoms with Gasteiger partial charge < -0.3 is 24.4 Å². The molecule has 2 aromatic rings. The molecule has 2 heterocycles. The summed E-state index contributed by atoms with van der Waals surface area (Å²) in [4.78, 5) is 0. The Morgan fingerprint density at radius 3 is 2.86 bits per heavy atom. The second kappa shape index (κ2) is 4.05. The maximum absolute atomic E-state index is 11.0. The first-order valence-corrected chi connectivity index (χ1v) is 6.65. The average molecular weight is 286 g/mol. The van der Waals surface area contributed by atoms with Gasteiger partial charge in [-0.15, -0.1) is 0 Å². The Balaban J connectivity index is 1.84. The van der Waals surface area contributed by atoms with Gasteiger partial charge in [0.1, 0.15) is 29.6 Å². The molecular weight excluding hydrogens is 272 g/mol. The standard InChI is InChI=1S/C16H14O5/c1-19-10-3-4-11-13(7-10)20-8-16(18)12-5-2-9(17)6-14(12)21-15(11)16/h2-7,15,17-18H,8H2,1H3/t15-,16+/m0/s1. The van der Waals surface area contributed by atoms with Gasteiger partial charge in [-0.2, -0.15) is 0 Å². The summed E-state index contributed by atoms with van der Waals surface area (Å²) in [6.07, 6.45) is -0.552. The van der Waals surface area contributed by atoms with E-state index < -0.39 is 11.7 Å². The second-order valence-corrected chi connectivity index (χ2v) is 5.30. The van der Waals surface area contributed by atoms with Crippen LogP contribution in [0, 0.1) is 0 Å². The van der Waals surface area contributed by atoms with Gasteiger partial charge in [0, 0.05) is 23.3 Å². The predicted octanol–water partition coefficient (Wildman–Crippen LogP) is 2.11. The molecule has 0 spiro atoms. The summed E-state index contributed by atoms with van der Waals surface area (Å²) >= 11 is 0. The van der Waals surface area contributed by atoms with Crippen molar-refractivity contribution >= 4 is 0 Å². The number of phenols is 1. The van der Waals surface area contributed by atoms with Gasteiger partial charge in [-0.05, 0) is 24.3 Å². The van der Waals surface area contributed by atoms with E-state index in [4.69, 9.17) is 14.2 Å². The number of phenolic OH excluding ortho intramolecular Hbond substituents is 1. The highest BCUT2D eigenvalue weighted by Gasteiger charge is 2.52. The lowest BCUT2D eigenvalue weighted by molar-refractivity contribution is -0.0864. The van der Waals surface area contributed by atoms with E-state index in [1.165, 1.54) is 12.1 Å². The molecule has 2 N–H and O–H groups in total. The van der Waals surface area contributed by atoms with Gasteiger partial charge in [0.15, 0.2) is 11.7 Å². The highest BCUT2D eigenvalue weighted by molar-refractivity contribution is 5.53. The third kappa shape index (κ3) is 1.61. The summed E-state index contributed by atoms with van der Waals surface area (Å²) in [5.41, 5.74) is 0.150. The molecule has 0 fully saturated rings. The number of aliphatic hydroxyl groups is 1. The highest BCUT2D eigenvalue weighted by atomic mass is 16.5. The number of hydrogen-bond donors (Lipinski definition) is 2. The quantitative estimate of drug-likeness (QED) is 0.840. The summed E-state index contributed by atoms with van der Waals surface area (Å²) in [6, 6.07) is 10.1. The van der Waals surface area contributed by atoms with Crippen LogP contribution in [0.3, 0.4) is 0 Å². The van der Waals surface area contributed by atoms with Crippen LogP contribution in [0.1, 0.15) is 17.2 Å². The van der Waals surface area contributed by atoms with Crippen LogP contribution in [-0.2, 0) is 5.60 Å². The van der Waals surface area contributed by atoms with Crippen LogP contribution < -0.4 is 14.2 Å². The third-order valence-corrected chi connectivity index (χ3v) is 4.06. The molecule has 2 aliphatic heterocycles. The van der Waals surface area contributed by atoms with Gasteiger partial charge in [0.2, 0.25) is 0 Å². The minimum Gasteiger partial charge on any atom is -0.508 e. The molecule has 2 atom stereocenters. The average Bonchev–Trinajstić information content (AvgIpc) is 2.79. The Hall–Kier alpha value is -2.40. The Labute approximate surface area is 121 Å². The first kappa shape index (κ1) is 12.3. The van der Waals surface area contributed by atoms with Crippen molar-refractivity contribution in [3.63, 3.8) is 0 Å². The molecule has 108 valence electrons. The van der Waals surface area contributed by atoms with Gasteiger partial charge >= 0.3 is 0 Å². The largest absolute Gasteiger partial charge is 0.508 e. The smallest absolute Gasteiger partial charge is 0.168 e. The van der Waals surface area contributed by atoms with Crippen molar-refractivity contribution in [2.24, 2.45) is 0 Å². The lowest BCUT2D eigenvalue weighted by Crippen LogP contribution is -2.41. The molecule has 4 rings (SSSR count). The van der Waals surface area contributed by atoms with Crippen LogP contribution in [0.5, 0.6) is 23.0 Å². The van der Waals surface area contributed by atoms with Crippen molar-refractivity contribution in [2.75, 3.05) is 13.7 Å². The lowest BCUT2D eigenvalue weighted by Gasteiger charge is -2.34. The minimum atomic E-state index is -1.25. The SMILES string of the molecule is COc1ccc2c(c1)OC[C@@]1(O)c3ccc(O)cc3O[C@@H]21. The van der Waals surface area contributed by atoms with Gasteiger partial charge in [0.25, 0.3) is 0 Å². The zero-order valence-corrected chi connectivity index (χ0v) is 11.4. The third-order valence-electron chi connectivity index (χ3n) is 4.06. The Kier molecular flexibility index (Phi) is 2.38. The van der Waals surface area contributed by atoms with Crippen molar-refractivity contribution in [3.8, 4) is 23.0 Å². The number of methoxy groups -OCH3 is 1. The molecule has 21 heavy (non-hydrogen) atoms. The van der Waals surface area contributed by atoms with Crippen LogP contribution in [0.2, 0.25) is 0 Å². The molecule has 0 saturated heterocycles. The Morgan fingerprint density at radius 2 is 2.05 bits per heavy atom. The summed E-state index contributed by atoms with van der Waals surface area (Å²) in [5.74, 6) is 1.91. The zero-order chi connectivity index (χ0) is 14.6. The fourth-order valence-corrected chi connectivity index (χ4v) is 2.98. The van der Waals surface area contributed by atoms with Crippen LogP contribution in [0.15, 0.2) is 36.4 Å². The number of fused-ring (bicyclic) bond motifs is 5. The van der Waals surface area contributed by atoms with E-state index in [-0.39, 0.29) is 12.4 Å². The molecule has 5 nitrogen and oxygen atoms in total. The molecule has 0 saturated carbocycles. The maximum Gasteiger partial charge on any atom is 0.168 e. The van der Waals surface area contributed by atoms with Gasteiger partial charge in [-0.25, -0.2) is 0 Å². The summed E-state index contributed by atoms with van der Waals surface area (Å²) in [6.45, 7) is 0.0929. The van der Waals surface area contributed by atoms with Gasteiger partial charge in [-0.1, -0.05) is 0 Å². The molecule has 0 radical (unpaired) electrons. The lowest BCUT2D eigenvalue weighted by atomic mass is 9.85. The van der Waals surface area contributed by atoms with Crippen LogP contribution in [0.4, 0.5) is 0 Å². The van der Waals surface area contributed by atoms with Crippen molar-refractivity contribution in [3.05, 3.63) is 47.5 Å². The van der Waals surface area contributed by atoms with E-state index in [1.807, 2.05) is 6.07 Å². The van der Waals surface area contributed by atoms with E-state index in [9.17, 15) is 10.2 Å². The molecular formula is C16H14O5. The summed E-state index contributed by atoms with van der Waals surface area (Å²) in [7, 11) is 1.59. The number of benzene rings is 2. The fraction of sp³-hybridized carbons (Fsp3) is 0.250. The molecule has 0 aliphatic carbocycles. The van der Waals surface area contributed by atoms with E-state index in [0.717, 1.165) is 5.56 Å². The Bertz CT molecular complexity index is 727. The Morgan fingerprint density at radius 1 is 1.19 bits per heavy atom. The molecule has 2 aliphatic rings. The van der Waals surface area contributed by atoms with E-state index in [2.05, 4.69) is 0 Å². The second-order valence-electron chi connectivity index (χ2n) is 5.30. The number of aromatic hydroxyl groups is 1. The van der Waals surface area contributed by atoms with E-state index >= 15 is 0 Å². The molecule has 0 unspecified atom stereocenters.